The van der Waals surface area contributed by atoms with Crippen LogP contribution in [0.15, 0.2) is 24.4 Å². The van der Waals surface area contributed by atoms with Crippen molar-refractivity contribution in [2.24, 2.45) is 0 Å². The smallest absolute Gasteiger partial charge is 0.412 e. The first kappa shape index (κ1) is 22.0. The predicted molar refractivity (Wildman–Crippen MR) is 123 cm³/mol. The molecule has 2 aliphatic heterocycles. The molecule has 7 nitrogen and oxygen atoms in total. The number of likely N-dealkylation sites (tertiary alicyclic amines) is 2. The third-order valence-corrected chi connectivity index (χ3v) is 6.60. The van der Waals surface area contributed by atoms with E-state index >= 15 is 0 Å². The van der Waals surface area contributed by atoms with E-state index in [0.717, 1.165) is 55.5 Å². The molecular formula is C24H36N4O3. The van der Waals surface area contributed by atoms with Crippen molar-refractivity contribution < 1.29 is 14.3 Å². The van der Waals surface area contributed by atoms with Gasteiger partial charge in [0.05, 0.1) is 0 Å². The Balaban J connectivity index is 1.27. The molecule has 2 aromatic rings. The average Bonchev–Trinajstić information content (AvgIpc) is 3.22. The zero-order valence-corrected chi connectivity index (χ0v) is 18.9. The van der Waals surface area contributed by atoms with Crippen molar-refractivity contribution in [2.75, 3.05) is 53.6 Å². The fraction of sp³-hybridized carbons (Fsp3) is 0.625. The number of benzene rings is 1. The third-order valence-electron chi connectivity index (χ3n) is 6.60. The molecule has 0 radical (unpaired) electrons. The fourth-order valence-electron chi connectivity index (χ4n) is 4.81. The summed E-state index contributed by atoms with van der Waals surface area (Å²) in [6, 6.07) is 6.55. The number of likely N-dealkylation sites (N-methyl/N-ethyl adjacent to an activating group) is 1. The second-order valence-corrected chi connectivity index (χ2v) is 9.03. The van der Waals surface area contributed by atoms with Gasteiger partial charge in [-0.15, -0.1) is 0 Å². The maximum atomic E-state index is 12.5. The molecule has 0 aliphatic carbocycles. The largest absolute Gasteiger partial charge is 0.457 e. The van der Waals surface area contributed by atoms with Crippen LogP contribution < -0.4 is 4.74 Å². The summed E-state index contributed by atoms with van der Waals surface area (Å²) in [7, 11) is 4.14. The van der Waals surface area contributed by atoms with Crippen molar-refractivity contribution in [1.82, 2.24) is 19.7 Å². The molecule has 1 amide bonds. The first-order valence-electron chi connectivity index (χ1n) is 11.6. The highest BCUT2D eigenvalue weighted by atomic mass is 16.7. The number of hydrogen-bond acceptors (Lipinski definition) is 5. The Morgan fingerprint density at radius 3 is 2.65 bits per heavy atom. The Labute approximate surface area is 185 Å². The fourth-order valence-corrected chi connectivity index (χ4v) is 4.81. The normalized spacial score (nSPS) is 18.6. The highest BCUT2D eigenvalue weighted by molar-refractivity contribution is 5.89. The van der Waals surface area contributed by atoms with Crippen molar-refractivity contribution in [3.63, 3.8) is 0 Å². The lowest BCUT2D eigenvalue weighted by atomic mass is 10.0. The number of piperidine rings is 2. The first-order chi connectivity index (χ1) is 15.1. The minimum Gasteiger partial charge on any atom is -0.457 e. The van der Waals surface area contributed by atoms with Gasteiger partial charge < -0.3 is 29.2 Å². The maximum Gasteiger partial charge on any atom is 0.412 e. The second-order valence-electron chi connectivity index (χ2n) is 9.03. The van der Waals surface area contributed by atoms with Crippen molar-refractivity contribution in [2.45, 2.75) is 44.6 Å². The SMILES string of the molecule is CN(C)CCc1c[nH]c2cccc(OCOC(=O)N3CCC(N4CCCCC4)CC3)c12. The number of carbonyl (C=O) groups is 1. The van der Waals surface area contributed by atoms with Gasteiger partial charge in [0, 0.05) is 42.8 Å². The van der Waals surface area contributed by atoms with E-state index in [9.17, 15) is 4.79 Å². The summed E-state index contributed by atoms with van der Waals surface area (Å²) in [6.07, 6.45) is 8.75. The van der Waals surface area contributed by atoms with Crippen LogP contribution in [0, 0.1) is 0 Å². The number of nitrogens with zero attached hydrogens (tertiary/aromatic N) is 3. The molecule has 0 unspecified atom stereocenters. The van der Waals surface area contributed by atoms with Crippen molar-refractivity contribution in [3.8, 4) is 5.75 Å². The molecule has 0 saturated carbocycles. The summed E-state index contributed by atoms with van der Waals surface area (Å²) < 4.78 is 11.4. The van der Waals surface area contributed by atoms with Gasteiger partial charge in [0.25, 0.3) is 0 Å². The molecule has 170 valence electrons. The summed E-state index contributed by atoms with van der Waals surface area (Å²) in [5.74, 6) is 0.754. The molecular weight excluding hydrogens is 392 g/mol. The topological polar surface area (TPSA) is 61.0 Å². The third kappa shape index (κ3) is 5.52. The minimum atomic E-state index is -0.272. The van der Waals surface area contributed by atoms with E-state index in [1.807, 2.05) is 29.3 Å². The molecule has 1 N–H and O–H groups in total. The van der Waals surface area contributed by atoms with Gasteiger partial charge in [-0.25, -0.2) is 4.79 Å². The number of hydrogen-bond donors (Lipinski definition) is 1. The Kier molecular flexibility index (Phi) is 7.35. The van der Waals surface area contributed by atoms with Crippen molar-refractivity contribution >= 4 is 17.0 Å². The number of nitrogens with one attached hydrogen (secondary N) is 1. The molecule has 2 saturated heterocycles. The number of rotatable bonds is 7. The lowest BCUT2D eigenvalue weighted by Crippen LogP contribution is -2.48. The molecule has 7 heteroatoms. The van der Waals surface area contributed by atoms with E-state index in [2.05, 4.69) is 28.9 Å². The van der Waals surface area contributed by atoms with Crippen molar-refractivity contribution in [3.05, 3.63) is 30.0 Å². The lowest BCUT2D eigenvalue weighted by molar-refractivity contribution is 0.0232. The second kappa shape index (κ2) is 10.4. The zero-order chi connectivity index (χ0) is 21.6. The van der Waals surface area contributed by atoms with Crippen LogP contribution in [-0.4, -0.2) is 85.4 Å². The van der Waals surface area contributed by atoms with Crippen LogP contribution in [0.4, 0.5) is 4.79 Å². The molecule has 4 rings (SSSR count). The predicted octanol–water partition coefficient (Wildman–Crippen LogP) is 3.70. The van der Waals surface area contributed by atoms with E-state index in [0.29, 0.717) is 6.04 Å². The van der Waals surface area contributed by atoms with E-state index in [1.54, 1.807) is 0 Å². The minimum absolute atomic E-state index is 0.0672. The summed E-state index contributed by atoms with van der Waals surface area (Å²) in [5, 5.41) is 1.07. The lowest BCUT2D eigenvalue weighted by Gasteiger charge is -2.39. The van der Waals surface area contributed by atoms with E-state index in [-0.39, 0.29) is 12.9 Å². The summed E-state index contributed by atoms with van der Waals surface area (Å²) in [6.45, 7) is 4.85. The number of fused-ring (bicyclic) bond motifs is 1. The van der Waals surface area contributed by atoms with E-state index in [4.69, 9.17) is 9.47 Å². The molecule has 0 atom stereocenters. The molecule has 3 heterocycles. The van der Waals surface area contributed by atoms with Crippen LogP contribution in [0.2, 0.25) is 0 Å². The van der Waals surface area contributed by atoms with Crippen LogP contribution in [0.25, 0.3) is 10.9 Å². The number of amides is 1. The van der Waals surface area contributed by atoms with Gasteiger partial charge in [0.1, 0.15) is 5.75 Å². The Morgan fingerprint density at radius 2 is 1.90 bits per heavy atom. The van der Waals surface area contributed by atoms with Gasteiger partial charge in [-0.05, 0) is 77.0 Å². The van der Waals surface area contributed by atoms with Gasteiger partial charge in [-0.3, -0.25) is 0 Å². The molecule has 2 fully saturated rings. The van der Waals surface area contributed by atoms with Gasteiger partial charge in [-0.2, -0.15) is 0 Å². The van der Waals surface area contributed by atoms with E-state index in [1.165, 1.54) is 37.9 Å². The average molecular weight is 429 g/mol. The van der Waals surface area contributed by atoms with Crippen LogP contribution in [0.5, 0.6) is 5.75 Å². The van der Waals surface area contributed by atoms with Gasteiger partial charge >= 0.3 is 6.09 Å². The van der Waals surface area contributed by atoms with Crippen LogP contribution in [-0.2, 0) is 11.2 Å². The molecule has 1 aromatic heterocycles. The molecule has 0 bridgehead atoms. The molecule has 31 heavy (non-hydrogen) atoms. The number of H-pyrrole nitrogens is 1. The standard InChI is InChI=1S/C24H36N4O3/c1-26(2)14-9-19-17-25-21-7-6-8-22(23(19)21)30-18-31-24(29)28-15-10-20(11-16-28)27-12-4-3-5-13-27/h6-8,17,20,25H,3-5,9-16,18H2,1-2H3. The van der Waals surface area contributed by atoms with E-state index < -0.39 is 0 Å². The Morgan fingerprint density at radius 1 is 1.13 bits per heavy atom. The van der Waals surface area contributed by atoms with Crippen LogP contribution >= 0.6 is 0 Å². The zero-order valence-electron chi connectivity index (χ0n) is 18.9. The Hall–Kier alpha value is -2.25. The van der Waals surface area contributed by atoms with Gasteiger partial charge in [0.2, 0.25) is 6.79 Å². The first-order valence-corrected chi connectivity index (χ1v) is 11.6. The molecule has 2 aliphatic rings. The molecule has 0 spiro atoms. The summed E-state index contributed by atoms with van der Waals surface area (Å²) in [4.78, 5) is 22.4. The van der Waals surface area contributed by atoms with Crippen LogP contribution in [0.1, 0.15) is 37.7 Å². The highest BCUT2D eigenvalue weighted by Crippen LogP contribution is 2.29. The highest BCUT2D eigenvalue weighted by Gasteiger charge is 2.28. The number of aromatic nitrogens is 1. The Bertz CT molecular complexity index is 852. The number of aromatic amines is 1. The van der Waals surface area contributed by atoms with Gasteiger partial charge in [-0.1, -0.05) is 12.5 Å². The monoisotopic (exact) mass is 428 g/mol. The summed E-state index contributed by atoms with van der Waals surface area (Å²) >= 11 is 0. The van der Waals surface area contributed by atoms with Crippen molar-refractivity contribution in [1.29, 1.82) is 0 Å². The van der Waals surface area contributed by atoms with Crippen LogP contribution in [0.3, 0.4) is 0 Å². The molecule has 1 aromatic carbocycles. The number of ether oxygens (including phenoxy) is 2. The quantitative estimate of drug-likeness (QED) is 0.682. The van der Waals surface area contributed by atoms with Gasteiger partial charge in [0.15, 0.2) is 0 Å². The number of carbonyl (C=O) groups excluding carboxylic acids is 1. The summed E-state index contributed by atoms with van der Waals surface area (Å²) in [5.41, 5.74) is 2.25. The maximum absolute atomic E-state index is 12.5.